The van der Waals surface area contributed by atoms with Gasteiger partial charge in [0.2, 0.25) is 0 Å². The molecule has 90 valence electrons. The Bertz CT molecular complexity index is 540. The Morgan fingerprint density at radius 2 is 1.88 bits per heavy atom. The third kappa shape index (κ3) is 2.02. The first-order valence-electron chi connectivity index (χ1n) is 5.79. The van der Waals surface area contributed by atoms with E-state index in [0.29, 0.717) is 11.7 Å². The summed E-state index contributed by atoms with van der Waals surface area (Å²) in [6, 6.07) is 6.24. The second-order valence-corrected chi connectivity index (χ2v) is 4.69. The second-order valence-electron chi connectivity index (χ2n) is 4.69. The molecule has 4 nitrogen and oxygen atoms in total. The molecule has 4 heteroatoms. The van der Waals surface area contributed by atoms with Crippen LogP contribution in [0.1, 0.15) is 36.6 Å². The lowest BCUT2D eigenvalue weighted by molar-refractivity contribution is 0.715. The molecule has 0 saturated carbocycles. The van der Waals surface area contributed by atoms with Crippen molar-refractivity contribution in [1.29, 1.82) is 0 Å². The van der Waals surface area contributed by atoms with Crippen LogP contribution in [0, 0.1) is 13.8 Å². The highest BCUT2D eigenvalue weighted by Gasteiger charge is 2.15. The highest BCUT2D eigenvalue weighted by Crippen LogP contribution is 2.23. The minimum absolute atomic E-state index is 0.298. The van der Waals surface area contributed by atoms with Gasteiger partial charge in [-0.15, -0.1) is 5.10 Å². The summed E-state index contributed by atoms with van der Waals surface area (Å²) in [5, 5.41) is 8.08. The number of aromatic nitrogens is 3. The van der Waals surface area contributed by atoms with Crippen molar-refractivity contribution in [3.63, 3.8) is 0 Å². The van der Waals surface area contributed by atoms with Crippen LogP contribution in [0.2, 0.25) is 0 Å². The van der Waals surface area contributed by atoms with Crippen molar-refractivity contribution >= 4 is 5.82 Å². The smallest absolute Gasteiger partial charge is 0.169 e. The van der Waals surface area contributed by atoms with E-state index in [1.807, 2.05) is 10.7 Å². The van der Waals surface area contributed by atoms with E-state index in [-0.39, 0.29) is 0 Å². The molecule has 2 rings (SSSR count). The van der Waals surface area contributed by atoms with Crippen molar-refractivity contribution in [3.05, 3.63) is 35.0 Å². The van der Waals surface area contributed by atoms with Crippen LogP contribution in [0.4, 0.5) is 5.82 Å². The summed E-state index contributed by atoms with van der Waals surface area (Å²) < 4.78 is 1.83. The molecule has 0 aliphatic carbocycles. The predicted molar refractivity (Wildman–Crippen MR) is 69.3 cm³/mol. The molecule has 1 aromatic carbocycles. The van der Waals surface area contributed by atoms with Crippen molar-refractivity contribution in [3.8, 4) is 5.69 Å². The van der Waals surface area contributed by atoms with E-state index in [1.54, 1.807) is 0 Å². The predicted octanol–water partition coefficient (Wildman–Crippen LogP) is 2.59. The van der Waals surface area contributed by atoms with Gasteiger partial charge in [0.25, 0.3) is 0 Å². The van der Waals surface area contributed by atoms with Crippen LogP contribution in [0.3, 0.4) is 0 Å². The fourth-order valence-electron chi connectivity index (χ4n) is 1.89. The Morgan fingerprint density at radius 1 is 1.18 bits per heavy atom. The molecular weight excluding hydrogens is 212 g/mol. The van der Waals surface area contributed by atoms with E-state index in [9.17, 15) is 0 Å². The van der Waals surface area contributed by atoms with E-state index < -0.39 is 0 Å². The molecule has 0 amide bonds. The van der Waals surface area contributed by atoms with Crippen LogP contribution in [-0.2, 0) is 0 Å². The van der Waals surface area contributed by atoms with Crippen molar-refractivity contribution in [2.75, 3.05) is 5.73 Å². The molecule has 0 aliphatic heterocycles. The molecule has 0 aliphatic rings. The number of aryl methyl sites for hydroxylation is 2. The van der Waals surface area contributed by atoms with Crippen molar-refractivity contribution < 1.29 is 0 Å². The molecule has 2 aromatic rings. The van der Waals surface area contributed by atoms with Gasteiger partial charge in [0.05, 0.1) is 11.4 Å². The van der Waals surface area contributed by atoms with Gasteiger partial charge < -0.3 is 5.73 Å². The lowest BCUT2D eigenvalue weighted by Gasteiger charge is -2.11. The maximum atomic E-state index is 5.85. The van der Waals surface area contributed by atoms with Crippen molar-refractivity contribution in [1.82, 2.24) is 15.0 Å². The number of anilines is 1. The summed E-state index contributed by atoms with van der Waals surface area (Å²) in [6.45, 7) is 8.37. The van der Waals surface area contributed by atoms with Gasteiger partial charge in [0.1, 0.15) is 0 Å². The molecule has 0 unspecified atom stereocenters. The topological polar surface area (TPSA) is 56.7 Å². The molecule has 0 spiro atoms. The van der Waals surface area contributed by atoms with Gasteiger partial charge in [-0.1, -0.05) is 25.1 Å². The van der Waals surface area contributed by atoms with Crippen molar-refractivity contribution in [2.24, 2.45) is 0 Å². The fourth-order valence-corrected chi connectivity index (χ4v) is 1.89. The zero-order valence-corrected chi connectivity index (χ0v) is 10.7. The van der Waals surface area contributed by atoms with E-state index >= 15 is 0 Å². The average Bonchev–Trinajstić information content (AvgIpc) is 2.64. The van der Waals surface area contributed by atoms with Gasteiger partial charge in [-0.05, 0) is 43.0 Å². The molecular formula is C13H18N4. The van der Waals surface area contributed by atoms with Gasteiger partial charge in [-0.25, -0.2) is 4.68 Å². The Hall–Kier alpha value is -1.84. The number of hydrogen-bond acceptors (Lipinski definition) is 3. The standard InChI is InChI=1S/C13H18N4/c1-8(2)12-13(14)15-16-17(12)11-6-5-9(3)10(4)7-11/h5-8H,14H2,1-4H3. The number of hydrogen-bond donors (Lipinski definition) is 1. The summed E-state index contributed by atoms with van der Waals surface area (Å²) in [5.41, 5.74) is 10.3. The molecule has 0 bridgehead atoms. The molecule has 17 heavy (non-hydrogen) atoms. The van der Waals surface area contributed by atoms with E-state index in [1.165, 1.54) is 11.1 Å². The second kappa shape index (κ2) is 4.20. The number of nitrogens with two attached hydrogens (primary N) is 1. The highest BCUT2D eigenvalue weighted by atomic mass is 15.4. The minimum atomic E-state index is 0.298. The van der Waals surface area contributed by atoms with Crippen LogP contribution in [0.5, 0.6) is 0 Å². The first-order chi connectivity index (χ1) is 8.00. The number of nitrogen functional groups attached to an aromatic ring is 1. The highest BCUT2D eigenvalue weighted by molar-refractivity contribution is 5.45. The van der Waals surface area contributed by atoms with Gasteiger partial charge in [0, 0.05) is 0 Å². The normalized spacial score (nSPS) is 11.1. The summed E-state index contributed by atoms with van der Waals surface area (Å²) in [5.74, 6) is 0.810. The first-order valence-corrected chi connectivity index (χ1v) is 5.79. The maximum Gasteiger partial charge on any atom is 0.169 e. The van der Waals surface area contributed by atoms with E-state index in [2.05, 4.69) is 50.1 Å². The summed E-state index contributed by atoms with van der Waals surface area (Å²) in [7, 11) is 0. The minimum Gasteiger partial charge on any atom is -0.381 e. The third-order valence-electron chi connectivity index (χ3n) is 3.01. The summed E-state index contributed by atoms with van der Waals surface area (Å²) in [6.07, 6.45) is 0. The zero-order valence-electron chi connectivity index (χ0n) is 10.7. The Kier molecular flexibility index (Phi) is 2.88. The Morgan fingerprint density at radius 3 is 2.47 bits per heavy atom. The number of nitrogens with zero attached hydrogens (tertiary/aromatic N) is 3. The van der Waals surface area contributed by atoms with Gasteiger partial charge in [-0.3, -0.25) is 0 Å². The Balaban J connectivity index is 2.56. The largest absolute Gasteiger partial charge is 0.381 e. The molecule has 0 saturated heterocycles. The van der Waals surface area contributed by atoms with Crippen LogP contribution in [0.25, 0.3) is 5.69 Å². The van der Waals surface area contributed by atoms with Gasteiger partial charge in [0.15, 0.2) is 5.82 Å². The Labute approximate surface area is 101 Å². The van der Waals surface area contributed by atoms with E-state index in [0.717, 1.165) is 11.4 Å². The van der Waals surface area contributed by atoms with Crippen LogP contribution < -0.4 is 5.73 Å². The zero-order chi connectivity index (χ0) is 12.6. The van der Waals surface area contributed by atoms with Crippen LogP contribution in [-0.4, -0.2) is 15.0 Å². The molecule has 0 radical (unpaired) electrons. The lowest BCUT2D eigenvalue weighted by atomic mass is 10.1. The summed E-state index contributed by atoms with van der Waals surface area (Å²) in [4.78, 5) is 0. The first kappa shape index (κ1) is 11.6. The van der Waals surface area contributed by atoms with Crippen molar-refractivity contribution in [2.45, 2.75) is 33.6 Å². The SMILES string of the molecule is Cc1ccc(-n2nnc(N)c2C(C)C)cc1C. The number of benzene rings is 1. The van der Waals surface area contributed by atoms with Crippen LogP contribution >= 0.6 is 0 Å². The maximum absolute atomic E-state index is 5.85. The lowest BCUT2D eigenvalue weighted by Crippen LogP contribution is -2.05. The molecule has 1 heterocycles. The molecule has 1 aromatic heterocycles. The van der Waals surface area contributed by atoms with E-state index in [4.69, 9.17) is 5.73 Å². The monoisotopic (exact) mass is 230 g/mol. The quantitative estimate of drug-likeness (QED) is 0.862. The average molecular weight is 230 g/mol. The summed E-state index contributed by atoms with van der Waals surface area (Å²) >= 11 is 0. The van der Waals surface area contributed by atoms with Crippen LogP contribution in [0.15, 0.2) is 18.2 Å². The van der Waals surface area contributed by atoms with Gasteiger partial charge in [-0.2, -0.15) is 0 Å². The molecule has 0 fully saturated rings. The fraction of sp³-hybridized carbons (Fsp3) is 0.385. The third-order valence-corrected chi connectivity index (χ3v) is 3.01. The number of rotatable bonds is 2. The molecule has 2 N–H and O–H groups in total. The molecule has 0 atom stereocenters. The van der Waals surface area contributed by atoms with Gasteiger partial charge >= 0.3 is 0 Å².